The van der Waals surface area contributed by atoms with Crippen LogP contribution in [0.25, 0.3) is 0 Å². The highest BCUT2D eigenvalue weighted by Gasteiger charge is 2.09. The summed E-state index contributed by atoms with van der Waals surface area (Å²) in [5.41, 5.74) is 8.07. The lowest BCUT2D eigenvalue weighted by Crippen LogP contribution is -2.15. The van der Waals surface area contributed by atoms with Crippen LogP contribution in [0.3, 0.4) is 0 Å². The van der Waals surface area contributed by atoms with Gasteiger partial charge in [-0.05, 0) is 14.0 Å². The molecule has 4 N–H and O–H groups in total. The Morgan fingerprint density at radius 3 is 2.85 bits per heavy atom. The zero-order valence-corrected chi connectivity index (χ0v) is 7.83. The summed E-state index contributed by atoms with van der Waals surface area (Å²) < 4.78 is 0. The zero-order valence-electron chi connectivity index (χ0n) is 7.83. The molecule has 1 aromatic rings. The lowest BCUT2D eigenvalue weighted by atomic mass is 10.1. The summed E-state index contributed by atoms with van der Waals surface area (Å²) in [6, 6.07) is 0.160. The van der Waals surface area contributed by atoms with E-state index in [0.29, 0.717) is 11.3 Å². The lowest BCUT2D eigenvalue weighted by molar-refractivity contribution is 0.651. The molecule has 0 aliphatic carbocycles. The van der Waals surface area contributed by atoms with E-state index in [4.69, 9.17) is 11.1 Å². The van der Waals surface area contributed by atoms with Gasteiger partial charge in [0, 0.05) is 41.5 Å². The van der Waals surface area contributed by atoms with Crippen LogP contribution in [0, 0.1) is 5.41 Å². The molecule has 0 aliphatic heterocycles. The van der Waals surface area contributed by atoms with E-state index in [1.807, 2.05) is 14.0 Å². The molecule has 0 aromatic carbocycles. The zero-order chi connectivity index (χ0) is 9.84. The first-order valence-corrected chi connectivity index (χ1v) is 4.11. The van der Waals surface area contributed by atoms with Gasteiger partial charge in [-0.15, -0.1) is 0 Å². The molecule has 0 saturated carbocycles. The largest absolute Gasteiger partial charge is 0.398 e. The molecular formula is C9H14N4. The number of pyridine rings is 1. The maximum atomic E-state index is 7.11. The van der Waals surface area contributed by atoms with E-state index in [1.165, 1.54) is 6.21 Å². The molecule has 13 heavy (non-hydrogen) atoms. The molecule has 4 heteroatoms. The van der Waals surface area contributed by atoms with E-state index < -0.39 is 0 Å². The number of nitrogens with two attached hydrogens (primary N) is 1. The summed E-state index contributed by atoms with van der Waals surface area (Å²) in [6.07, 6.45) is 4.53. The van der Waals surface area contributed by atoms with Crippen LogP contribution in [-0.2, 0) is 0 Å². The Bertz CT molecular complexity index is 308. The van der Waals surface area contributed by atoms with Crippen LogP contribution < -0.4 is 11.1 Å². The normalized spacial score (nSPS) is 12.5. The second-order valence-corrected chi connectivity index (χ2v) is 2.89. The highest BCUT2D eigenvalue weighted by Crippen LogP contribution is 2.20. The quantitative estimate of drug-likeness (QED) is 0.603. The van der Waals surface area contributed by atoms with Crippen molar-refractivity contribution in [2.75, 3.05) is 12.8 Å². The molecule has 1 atom stereocenters. The van der Waals surface area contributed by atoms with Gasteiger partial charge < -0.3 is 16.5 Å². The van der Waals surface area contributed by atoms with Crippen molar-refractivity contribution < 1.29 is 0 Å². The van der Waals surface area contributed by atoms with E-state index in [0.717, 1.165) is 5.56 Å². The summed E-state index contributed by atoms with van der Waals surface area (Å²) in [5.74, 6) is 0. The van der Waals surface area contributed by atoms with Crippen molar-refractivity contribution in [2.24, 2.45) is 0 Å². The summed E-state index contributed by atoms with van der Waals surface area (Å²) in [7, 11) is 1.86. The second-order valence-electron chi connectivity index (χ2n) is 2.89. The third-order valence-corrected chi connectivity index (χ3v) is 2.10. The third-order valence-electron chi connectivity index (χ3n) is 2.10. The number of rotatable bonds is 3. The van der Waals surface area contributed by atoms with Crippen molar-refractivity contribution in [3.05, 3.63) is 23.5 Å². The SMILES string of the molecule is CNC(C)c1cncc(C=N)c1N. The topological polar surface area (TPSA) is 74.8 Å². The number of nitrogen functional groups attached to an aromatic ring is 1. The molecule has 0 aliphatic rings. The Labute approximate surface area is 77.7 Å². The molecule has 0 saturated heterocycles. The number of nitrogens with zero attached hydrogens (tertiary/aromatic N) is 1. The first-order chi connectivity index (χ1) is 6.20. The predicted molar refractivity (Wildman–Crippen MR) is 54.0 cm³/mol. The minimum atomic E-state index is 0.160. The fourth-order valence-corrected chi connectivity index (χ4v) is 1.12. The summed E-state index contributed by atoms with van der Waals surface area (Å²) in [5, 5.41) is 10.2. The van der Waals surface area contributed by atoms with Crippen LogP contribution >= 0.6 is 0 Å². The van der Waals surface area contributed by atoms with Crippen LogP contribution in [0.2, 0.25) is 0 Å². The molecule has 0 fully saturated rings. The molecule has 70 valence electrons. The van der Waals surface area contributed by atoms with Crippen LogP contribution in [0.5, 0.6) is 0 Å². The van der Waals surface area contributed by atoms with Crippen LogP contribution in [0.1, 0.15) is 24.1 Å². The predicted octanol–water partition coefficient (Wildman–Crippen LogP) is 0.942. The molecule has 1 heterocycles. The van der Waals surface area contributed by atoms with Gasteiger partial charge in [-0.1, -0.05) is 0 Å². The van der Waals surface area contributed by atoms with Crippen molar-refractivity contribution in [3.8, 4) is 0 Å². The first-order valence-electron chi connectivity index (χ1n) is 4.11. The Morgan fingerprint density at radius 2 is 2.31 bits per heavy atom. The monoisotopic (exact) mass is 178 g/mol. The molecule has 0 amide bonds. The molecule has 4 nitrogen and oxygen atoms in total. The van der Waals surface area contributed by atoms with Crippen molar-refractivity contribution in [3.63, 3.8) is 0 Å². The fraction of sp³-hybridized carbons (Fsp3) is 0.333. The van der Waals surface area contributed by atoms with E-state index in [-0.39, 0.29) is 6.04 Å². The molecule has 1 aromatic heterocycles. The van der Waals surface area contributed by atoms with E-state index in [1.54, 1.807) is 12.4 Å². The van der Waals surface area contributed by atoms with Gasteiger partial charge in [-0.3, -0.25) is 4.98 Å². The van der Waals surface area contributed by atoms with Crippen molar-refractivity contribution in [1.29, 1.82) is 5.41 Å². The summed E-state index contributed by atoms with van der Waals surface area (Å²) in [6.45, 7) is 2.00. The fourth-order valence-electron chi connectivity index (χ4n) is 1.12. The Hall–Kier alpha value is -1.42. The molecule has 0 bridgehead atoms. The van der Waals surface area contributed by atoms with Crippen molar-refractivity contribution in [1.82, 2.24) is 10.3 Å². The second kappa shape index (κ2) is 4.00. The van der Waals surface area contributed by atoms with Gasteiger partial charge in [-0.2, -0.15) is 0 Å². The van der Waals surface area contributed by atoms with Gasteiger partial charge in [0.1, 0.15) is 0 Å². The third kappa shape index (κ3) is 1.84. The summed E-state index contributed by atoms with van der Waals surface area (Å²) >= 11 is 0. The molecule has 1 rings (SSSR count). The number of anilines is 1. The van der Waals surface area contributed by atoms with Gasteiger partial charge in [0.2, 0.25) is 0 Å². The number of aromatic nitrogens is 1. The highest BCUT2D eigenvalue weighted by molar-refractivity contribution is 5.85. The number of nitrogens with one attached hydrogen (secondary N) is 2. The van der Waals surface area contributed by atoms with E-state index in [9.17, 15) is 0 Å². The Balaban J connectivity index is 3.15. The van der Waals surface area contributed by atoms with E-state index >= 15 is 0 Å². The van der Waals surface area contributed by atoms with Gasteiger partial charge >= 0.3 is 0 Å². The molecular weight excluding hydrogens is 164 g/mol. The minimum Gasteiger partial charge on any atom is -0.398 e. The smallest absolute Gasteiger partial charge is 0.0482 e. The average molecular weight is 178 g/mol. The highest BCUT2D eigenvalue weighted by atomic mass is 14.9. The number of hydrogen-bond donors (Lipinski definition) is 3. The maximum Gasteiger partial charge on any atom is 0.0482 e. The van der Waals surface area contributed by atoms with Gasteiger partial charge in [0.25, 0.3) is 0 Å². The van der Waals surface area contributed by atoms with Crippen LogP contribution in [0.4, 0.5) is 5.69 Å². The number of hydrogen-bond acceptors (Lipinski definition) is 4. The Kier molecular flexibility index (Phi) is 2.97. The van der Waals surface area contributed by atoms with Gasteiger partial charge in [-0.25, -0.2) is 0 Å². The maximum absolute atomic E-state index is 7.11. The summed E-state index contributed by atoms with van der Waals surface area (Å²) in [4.78, 5) is 4.01. The van der Waals surface area contributed by atoms with Crippen molar-refractivity contribution in [2.45, 2.75) is 13.0 Å². The standard InChI is InChI=1S/C9H14N4/c1-6(12-2)8-5-13-4-7(3-10)9(8)11/h3-6,10,12H,1-2H3,(H2,11,13). The van der Waals surface area contributed by atoms with Crippen LogP contribution in [0.15, 0.2) is 12.4 Å². The minimum absolute atomic E-state index is 0.160. The van der Waals surface area contributed by atoms with Gasteiger partial charge in [0.15, 0.2) is 0 Å². The first kappa shape index (κ1) is 9.67. The van der Waals surface area contributed by atoms with Gasteiger partial charge in [0.05, 0.1) is 0 Å². The average Bonchev–Trinajstić information content (AvgIpc) is 2.17. The Morgan fingerprint density at radius 1 is 1.62 bits per heavy atom. The van der Waals surface area contributed by atoms with Crippen molar-refractivity contribution >= 4 is 11.9 Å². The van der Waals surface area contributed by atoms with Crippen LogP contribution in [-0.4, -0.2) is 18.2 Å². The lowest BCUT2D eigenvalue weighted by Gasteiger charge is -2.13. The molecule has 0 radical (unpaired) electrons. The van der Waals surface area contributed by atoms with E-state index in [2.05, 4.69) is 10.3 Å². The molecule has 0 spiro atoms. The molecule has 1 unspecified atom stereocenters.